The van der Waals surface area contributed by atoms with E-state index in [9.17, 15) is 4.79 Å². The van der Waals surface area contributed by atoms with E-state index in [1.54, 1.807) is 6.92 Å². The minimum atomic E-state index is -0.623. The topological polar surface area (TPSA) is 50.1 Å². The smallest absolute Gasteiger partial charge is 0.323 e. The van der Waals surface area contributed by atoms with Crippen molar-refractivity contribution in [2.24, 2.45) is 35.5 Å². The maximum atomic E-state index is 11.6. The molecule has 4 saturated carbocycles. The van der Waals surface area contributed by atoms with Crippen LogP contribution in [0.5, 0.6) is 0 Å². The highest BCUT2D eigenvalue weighted by Gasteiger charge is 2.48. The van der Waals surface area contributed by atoms with E-state index >= 15 is 0 Å². The summed E-state index contributed by atoms with van der Waals surface area (Å²) < 4.78 is 5.36. The van der Waals surface area contributed by atoms with Crippen LogP contribution in [0.4, 0.5) is 0 Å². The molecule has 0 radical (unpaired) electrons. The summed E-state index contributed by atoms with van der Waals surface area (Å²) in [7, 11) is 0. The maximum Gasteiger partial charge on any atom is 0.323 e. The average molecular weight is 247 g/mol. The van der Waals surface area contributed by atoms with Gasteiger partial charge in [-0.15, -0.1) is 0 Å². The summed E-state index contributed by atoms with van der Waals surface area (Å²) in [6.07, 6.45) is 6.85. The minimum absolute atomic E-state index is 0.341. The van der Waals surface area contributed by atoms with Gasteiger partial charge in [-0.25, -0.2) is 0 Å². The van der Waals surface area contributed by atoms with E-state index in [0.717, 1.165) is 23.7 Å². The Morgan fingerprint density at radius 2 is 1.78 bits per heavy atom. The molecule has 4 fully saturated rings. The van der Waals surface area contributed by atoms with Crippen LogP contribution in [0.15, 0.2) is 0 Å². The lowest BCUT2D eigenvalue weighted by Crippen LogP contribution is -2.46. The first-order valence-corrected chi connectivity index (χ1v) is 7.23. The van der Waals surface area contributed by atoms with Gasteiger partial charge in [0, 0.05) is 0 Å². The van der Waals surface area contributed by atoms with Gasteiger partial charge >= 0.3 is 5.97 Å². The molecule has 3 heteroatoms. The molecular formula is C15H21NO2. The molecule has 0 amide bonds. The summed E-state index contributed by atoms with van der Waals surface area (Å²) in [5, 5.41) is 8.69. The molecule has 4 aliphatic carbocycles. The number of nitrogens with zero attached hydrogens (tertiary/aromatic N) is 1. The monoisotopic (exact) mass is 247 g/mol. The zero-order valence-corrected chi connectivity index (χ0v) is 11.0. The predicted octanol–water partition coefficient (Wildman–Crippen LogP) is 2.76. The van der Waals surface area contributed by atoms with E-state index in [1.165, 1.54) is 32.1 Å². The Hall–Kier alpha value is -1.04. The van der Waals surface area contributed by atoms with E-state index in [2.05, 4.69) is 0 Å². The first-order chi connectivity index (χ1) is 8.67. The van der Waals surface area contributed by atoms with Gasteiger partial charge in [0.15, 0.2) is 0 Å². The standard InChI is InChI=1S/C15H21NO2/c1-9(7-16)15(17)18-8-14-12-3-10-2-11(5-12)6-13(14)4-10/h9-14H,2-6,8H2,1H3. The van der Waals surface area contributed by atoms with E-state index in [4.69, 9.17) is 10.00 Å². The van der Waals surface area contributed by atoms with Crippen molar-refractivity contribution >= 4 is 5.97 Å². The summed E-state index contributed by atoms with van der Waals surface area (Å²) in [6, 6.07) is 1.94. The molecule has 4 bridgehead atoms. The average Bonchev–Trinajstić information content (AvgIpc) is 2.35. The Balaban J connectivity index is 1.58. The third kappa shape index (κ3) is 2.02. The highest BCUT2D eigenvalue weighted by molar-refractivity contribution is 5.74. The lowest BCUT2D eigenvalue weighted by Gasteiger charge is -2.54. The van der Waals surface area contributed by atoms with Crippen molar-refractivity contribution in [2.45, 2.75) is 39.0 Å². The molecule has 0 heterocycles. The summed E-state index contributed by atoms with van der Waals surface area (Å²) >= 11 is 0. The SMILES string of the molecule is CC(C#N)C(=O)OCC1C2CC3CC(C2)CC1C3. The zero-order valence-electron chi connectivity index (χ0n) is 11.0. The number of ether oxygens (including phenoxy) is 1. The molecule has 1 atom stereocenters. The van der Waals surface area contributed by atoms with Crippen LogP contribution >= 0.6 is 0 Å². The van der Waals surface area contributed by atoms with Gasteiger partial charge in [-0.3, -0.25) is 4.79 Å². The van der Waals surface area contributed by atoms with Gasteiger partial charge in [-0.05, 0) is 68.6 Å². The molecule has 4 aliphatic rings. The zero-order chi connectivity index (χ0) is 12.7. The van der Waals surface area contributed by atoms with Crippen molar-refractivity contribution in [2.75, 3.05) is 6.61 Å². The van der Waals surface area contributed by atoms with Crippen LogP contribution in [-0.2, 0) is 9.53 Å². The van der Waals surface area contributed by atoms with Crippen molar-refractivity contribution in [1.29, 1.82) is 5.26 Å². The molecule has 0 aromatic carbocycles. The molecule has 0 saturated heterocycles. The van der Waals surface area contributed by atoms with Crippen LogP contribution in [0.1, 0.15) is 39.0 Å². The Kier molecular flexibility index (Phi) is 3.05. The first-order valence-electron chi connectivity index (χ1n) is 7.23. The van der Waals surface area contributed by atoms with Gasteiger partial charge in [-0.2, -0.15) is 5.26 Å². The summed E-state index contributed by atoms with van der Waals surface area (Å²) in [5.41, 5.74) is 0. The van der Waals surface area contributed by atoms with E-state index in [0.29, 0.717) is 12.5 Å². The normalized spacial score (nSPS) is 42.3. The third-order valence-electron chi connectivity index (χ3n) is 5.39. The number of carbonyl (C=O) groups excluding carboxylic acids is 1. The molecule has 0 spiro atoms. The molecule has 1 unspecified atom stereocenters. The fourth-order valence-electron chi connectivity index (χ4n) is 4.67. The van der Waals surface area contributed by atoms with E-state index in [1.807, 2.05) is 6.07 Å². The van der Waals surface area contributed by atoms with Crippen molar-refractivity contribution in [1.82, 2.24) is 0 Å². The summed E-state index contributed by atoms with van der Waals surface area (Å²) in [4.78, 5) is 11.6. The molecule has 0 aliphatic heterocycles. The fraction of sp³-hybridized carbons (Fsp3) is 0.867. The molecular weight excluding hydrogens is 226 g/mol. The fourth-order valence-corrected chi connectivity index (χ4v) is 4.67. The number of hydrogen-bond acceptors (Lipinski definition) is 3. The Morgan fingerprint density at radius 1 is 1.22 bits per heavy atom. The van der Waals surface area contributed by atoms with Crippen LogP contribution in [0, 0.1) is 46.8 Å². The van der Waals surface area contributed by atoms with Crippen molar-refractivity contribution in [3.05, 3.63) is 0 Å². The highest BCUT2D eigenvalue weighted by atomic mass is 16.5. The van der Waals surface area contributed by atoms with Crippen LogP contribution in [-0.4, -0.2) is 12.6 Å². The number of hydrogen-bond donors (Lipinski definition) is 0. The number of rotatable bonds is 3. The Bertz CT molecular complexity index is 356. The Labute approximate surface area is 108 Å². The van der Waals surface area contributed by atoms with Gasteiger partial charge in [0.2, 0.25) is 0 Å². The predicted molar refractivity (Wildman–Crippen MR) is 66.3 cm³/mol. The second-order valence-corrected chi connectivity index (χ2v) is 6.58. The Morgan fingerprint density at radius 3 is 2.28 bits per heavy atom. The molecule has 0 aromatic rings. The van der Waals surface area contributed by atoms with Crippen LogP contribution in [0.2, 0.25) is 0 Å². The molecule has 0 aromatic heterocycles. The third-order valence-corrected chi connectivity index (χ3v) is 5.39. The highest BCUT2D eigenvalue weighted by Crippen LogP contribution is 2.56. The quantitative estimate of drug-likeness (QED) is 0.720. The lowest BCUT2D eigenvalue weighted by atomic mass is 9.52. The van der Waals surface area contributed by atoms with Gasteiger partial charge in [0.25, 0.3) is 0 Å². The van der Waals surface area contributed by atoms with Crippen molar-refractivity contribution in [3.63, 3.8) is 0 Å². The van der Waals surface area contributed by atoms with E-state index in [-0.39, 0.29) is 5.97 Å². The largest absolute Gasteiger partial charge is 0.464 e. The van der Waals surface area contributed by atoms with Gasteiger partial charge < -0.3 is 4.74 Å². The molecule has 0 N–H and O–H groups in total. The molecule has 98 valence electrons. The molecule has 4 rings (SSSR count). The van der Waals surface area contributed by atoms with Crippen LogP contribution in [0.25, 0.3) is 0 Å². The maximum absolute atomic E-state index is 11.6. The van der Waals surface area contributed by atoms with Crippen LogP contribution in [0.3, 0.4) is 0 Å². The van der Waals surface area contributed by atoms with Crippen molar-refractivity contribution < 1.29 is 9.53 Å². The first kappa shape index (κ1) is 12.0. The van der Waals surface area contributed by atoms with Crippen LogP contribution < -0.4 is 0 Å². The van der Waals surface area contributed by atoms with Crippen molar-refractivity contribution in [3.8, 4) is 6.07 Å². The summed E-state index contributed by atoms with van der Waals surface area (Å²) in [5.74, 6) is 3.09. The minimum Gasteiger partial charge on any atom is -0.464 e. The van der Waals surface area contributed by atoms with Gasteiger partial charge in [0.1, 0.15) is 5.92 Å². The number of carbonyl (C=O) groups is 1. The number of esters is 1. The second kappa shape index (κ2) is 4.57. The molecule has 3 nitrogen and oxygen atoms in total. The van der Waals surface area contributed by atoms with Gasteiger partial charge in [-0.1, -0.05) is 0 Å². The lowest BCUT2D eigenvalue weighted by molar-refractivity contribution is -0.152. The summed E-state index contributed by atoms with van der Waals surface area (Å²) in [6.45, 7) is 2.17. The van der Waals surface area contributed by atoms with Gasteiger partial charge in [0.05, 0.1) is 12.7 Å². The molecule has 18 heavy (non-hydrogen) atoms. The number of nitriles is 1. The van der Waals surface area contributed by atoms with E-state index < -0.39 is 5.92 Å². The second-order valence-electron chi connectivity index (χ2n) is 6.58.